The first-order valence-corrected chi connectivity index (χ1v) is 5.69. The molecule has 0 saturated heterocycles. The highest BCUT2D eigenvalue weighted by Crippen LogP contribution is 2.30. The van der Waals surface area contributed by atoms with Crippen LogP contribution < -0.4 is 16.0 Å². The number of rotatable bonds is 3. The summed E-state index contributed by atoms with van der Waals surface area (Å²) in [6, 6.07) is 10.4. The lowest BCUT2D eigenvalue weighted by atomic mass is 10.1. The molecular formula is C14H14N2O3. The van der Waals surface area contributed by atoms with E-state index >= 15 is 0 Å². The van der Waals surface area contributed by atoms with E-state index in [1.807, 2.05) is 30.3 Å². The molecule has 2 N–H and O–H groups in total. The summed E-state index contributed by atoms with van der Waals surface area (Å²) in [5.41, 5.74) is 6.38. The molecular weight excluding hydrogens is 244 g/mol. The minimum Gasteiger partial charge on any atom is -0.494 e. The van der Waals surface area contributed by atoms with Crippen LogP contribution in [0.4, 0.5) is 0 Å². The predicted octanol–water partition coefficient (Wildman–Crippen LogP) is 1.16. The van der Waals surface area contributed by atoms with Gasteiger partial charge >= 0.3 is 0 Å². The summed E-state index contributed by atoms with van der Waals surface area (Å²) >= 11 is 0. The second-order valence-electron chi connectivity index (χ2n) is 4.07. The van der Waals surface area contributed by atoms with Crippen LogP contribution in [0.15, 0.2) is 41.2 Å². The van der Waals surface area contributed by atoms with Crippen molar-refractivity contribution in [3.8, 4) is 17.0 Å². The van der Waals surface area contributed by atoms with Crippen molar-refractivity contribution in [2.45, 2.75) is 0 Å². The molecule has 0 aliphatic rings. The van der Waals surface area contributed by atoms with Crippen molar-refractivity contribution in [3.63, 3.8) is 0 Å². The topological polar surface area (TPSA) is 74.3 Å². The zero-order valence-corrected chi connectivity index (χ0v) is 10.7. The molecule has 0 bridgehead atoms. The number of amides is 1. The van der Waals surface area contributed by atoms with Gasteiger partial charge in [0.05, 0.1) is 18.4 Å². The molecule has 1 amide bonds. The van der Waals surface area contributed by atoms with Crippen LogP contribution in [0.3, 0.4) is 0 Å². The second kappa shape index (κ2) is 4.97. The zero-order chi connectivity index (χ0) is 14.0. The number of hydrogen-bond donors (Lipinski definition) is 1. The molecule has 0 unspecified atom stereocenters. The molecule has 1 aromatic heterocycles. The molecule has 0 atom stereocenters. The Bertz CT molecular complexity index is 675. The maximum Gasteiger partial charge on any atom is 0.252 e. The number of ether oxygens (including phenoxy) is 1. The quantitative estimate of drug-likeness (QED) is 0.897. The first-order chi connectivity index (χ1) is 9.06. The SMILES string of the molecule is COc1c(C(N)=O)cc(=O)n(C)c1-c1ccccc1. The van der Waals surface area contributed by atoms with E-state index in [1.54, 1.807) is 7.05 Å². The lowest BCUT2D eigenvalue weighted by molar-refractivity contribution is 0.0997. The molecule has 0 spiro atoms. The van der Waals surface area contributed by atoms with Crippen molar-refractivity contribution in [3.05, 3.63) is 52.3 Å². The van der Waals surface area contributed by atoms with Gasteiger partial charge in [-0.05, 0) is 0 Å². The minimum atomic E-state index is -0.688. The monoisotopic (exact) mass is 258 g/mol. The van der Waals surface area contributed by atoms with Crippen LogP contribution in [0.2, 0.25) is 0 Å². The van der Waals surface area contributed by atoms with E-state index in [2.05, 4.69) is 0 Å². The summed E-state index contributed by atoms with van der Waals surface area (Å²) in [7, 11) is 3.07. The van der Waals surface area contributed by atoms with Gasteiger partial charge in [-0.15, -0.1) is 0 Å². The lowest BCUT2D eigenvalue weighted by Crippen LogP contribution is -2.23. The zero-order valence-electron chi connectivity index (χ0n) is 10.7. The Morgan fingerprint density at radius 1 is 1.26 bits per heavy atom. The molecule has 0 radical (unpaired) electrons. The highest BCUT2D eigenvalue weighted by atomic mass is 16.5. The number of benzene rings is 1. The third kappa shape index (κ3) is 2.22. The Hall–Kier alpha value is -2.56. The largest absolute Gasteiger partial charge is 0.494 e. The summed E-state index contributed by atoms with van der Waals surface area (Å²) in [6.07, 6.45) is 0. The van der Waals surface area contributed by atoms with Gasteiger partial charge in [-0.25, -0.2) is 0 Å². The summed E-state index contributed by atoms with van der Waals surface area (Å²) < 4.78 is 6.70. The Kier molecular flexibility index (Phi) is 3.37. The molecule has 0 aliphatic heterocycles. The molecule has 19 heavy (non-hydrogen) atoms. The van der Waals surface area contributed by atoms with Crippen molar-refractivity contribution in [2.75, 3.05) is 7.11 Å². The smallest absolute Gasteiger partial charge is 0.252 e. The van der Waals surface area contributed by atoms with Gasteiger partial charge in [0.1, 0.15) is 0 Å². The fraction of sp³-hybridized carbons (Fsp3) is 0.143. The molecule has 98 valence electrons. The van der Waals surface area contributed by atoms with Crippen LogP contribution in [0.1, 0.15) is 10.4 Å². The van der Waals surface area contributed by atoms with Crippen LogP contribution in [-0.2, 0) is 7.05 Å². The summed E-state index contributed by atoms with van der Waals surface area (Å²) in [6.45, 7) is 0. The second-order valence-corrected chi connectivity index (χ2v) is 4.07. The van der Waals surface area contributed by atoms with E-state index in [4.69, 9.17) is 10.5 Å². The molecule has 5 heteroatoms. The van der Waals surface area contributed by atoms with Gasteiger partial charge in [0.2, 0.25) is 0 Å². The summed E-state index contributed by atoms with van der Waals surface area (Å²) in [5, 5.41) is 0. The molecule has 0 saturated carbocycles. The number of primary amides is 1. The fourth-order valence-corrected chi connectivity index (χ4v) is 1.99. The number of aromatic nitrogens is 1. The van der Waals surface area contributed by atoms with Crippen LogP contribution in [0.5, 0.6) is 5.75 Å². The van der Waals surface area contributed by atoms with Crippen LogP contribution in [0, 0.1) is 0 Å². The van der Waals surface area contributed by atoms with Gasteiger partial charge in [-0.1, -0.05) is 30.3 Å². The number of pyridine rings is 1. The Morgan fingerprint density at radius 2 is 1.89 bits per heavy atom. The van der Waals surface area contributed by atoms with E-state index in [0.29, 0.717) is 11.4 Å². The van der Waals surface area contributed by atoms with Gasteiger partial charge < -0.3 is 15.0 Å². The number of methoxy groups -OCH3 is 1. The fourth-order valence-electron chi connectivity index (χ4n) is 1.99. The van der Waals surface area contributed by atoms with E-state index < -0.39 is 5.91 Å². The first-order valence-electron chi connectivity index (χ1n) is 5.69. The van der Waals surface area contributed by atoms with Crippen LogP contribution in [0.25, 0.3) is 11.3 Å². The highest BCUT2D eigenvalue weighted by molar-refractivity contribution is 5.97. The maximum absolute atomic E-state index is 11.9. The molecule has 5 nitrogen and oxygen atoms in total. The van der Waals surface area contributed by atoms with Gasteiger partial charge in [0.25, 0.3) is 11.5 Å². The highest BCUT2D eigenvalue weighted by Gasteiger charge is 2.19. The summed E-state index contributed by atoms with van der Waals surface area (Å²) in [4.78, 5) is 23.3. The average molecular weight is 258 g/mol. The van der Waals surface area contributed by atoms with E-state index in [9.17, 15) is 9.59 Å². The predicted molar refractivity (Wildman–Crippen MR) is 72.2 cm³/mol. The number of hydrogen-bond acceptors (Lipinski definition) is 3. The van der Waals surface area contributed by atoms with E-state index in [0.717, 1.165) is 5.56 Å². The Balaban J connectivity index is 2.86. The molecule has 0 aliphatic carbocycles. The maximum atomic E-state index is 11.9. The molecule has 2 rings (SSSR count). The molecule has 1 heterocycles. The van der Waals surface area contributed by atoms with Crippen LogP contribution >= 0.6 is 0 Å². The molecule has 1 aromatic carbocycles. The minimum absolute atomic E-state index is 0.0875. The van der Waals surface area contributed by atoms with Crippen molar-refractivity contribution >= 4 is 5.91 Å². The third-order valence-electron chi connectivity index (χ3n) is 2.91. The summed E-state index contributed by atoms with van der Waals surface area (Å²) in [5.74, 6) is -0.382. The van der Waals surface area contributed by atoms with Crippen molar-refractivity contribution in [1.82, 2.24) is 4.57 Å². The third-order valence-corrected chi connectivity index (χ3v) is 2.91. The van der Waals surface area contributed by atoms with Gasteiger partial charge in [-0.3, -0.25) is 9.59 Å². The molecule has 2 aromatic rings. The van der Waals surface area contributed by atoms with E-state index in [1.165, 1.54) is 17.7 Å². The normalized spacial score (nSPS) is 10.2. The van der Waals surface area contributed by atoms with Crippen molar-refractivity contribution < 1.29 is 9.53 Å². The first kappa shape index (κ1) is 12.9. The van der Waals surface area contributed by atoms with Gasteiger partial charge in [0.15, 0.2) is 5.75 Å². The number of carbonyl (C=O) groups is 1. The lowest BCUT2D eigenvalue weighted by Gasteiger charge is -2.15. The molecule has 0 fully saturated rings. The van der Waals surface area contributed by atoms with Gasteiger partial charge in [-0.2, -0.15) is 0 Å². The standard InChI is InChI=1S/C14H14N2O3/c1-16-11(17)8-10(14(15)18)13(19-2)12(16)9-6-4-3-5-7-9/h3-8H,1-2H3,(H2,15,18). The van der Waals surface area contributed by atoms with Gasteiger partial charge in [0, 0.05) is 18.7 Å². The Morgan fingerprint density at radius 3 is 2.42 bits per heavy atom. The number of nitrogens with zero attached hydrogens (tertiary/aromatic N) is 1. The Labute approximate surface area is 110 Å². The number of carbonyl (C=O) groups excluding carboxylic acids is 1. The van der Waals surface area contributed by atoms with Crippen molar-refractivity contribution in [1.29, 1.82) is 0 Å². The van der Waals surface area contributed by atoms with Crippen LogP contribution in [-0.4, -0.2) is 17.6 Å². The van der Waals surface area contributed by atoms with E-state index in [-0.39, 0.29) is 11.1 Å². The number of nitrogens with two attached hydrogens (primary N) is 1. The van der Waals surface area contributed by atoms with Crippen molar-refractivity contribution in [2.24, 2.45) is 12.8 Å². The average Bonchev–Trinajstić information content (AvgIpc) is 2.41.